The lowest BCUT2D eigenvalue weighted by Gasteiger charge is -2.42. The minimum Gasteiger partial charge on any atom is -0.345 e. The van der Waals surface area contributed by atoms with Gasteiger partial charge in [0.05, 0.1) is 0 Å². The number of amides is 1. The first kappa shape index (κ1) is 16.2. The molecule has 0 fully saturated rings. The van der Waals surface area contributed by atoms with Crippen LogP contribution in [0.5, 0.6) is 0 Å². The molecule has 0 saturated carbocycles. The van der Waals surface area contributed by atoms with Crippen molar-refractivity contribution in [3.63, 3.8) is 0 Å². The fourth-order valence-electron chi connectivity index (χ4n) is 1.30. The average molecular weight is 240 g/mol. The second kappa shape index (κ2) is 6.20. The van der Waals surface area contributed by atoms with E-state index in [1.165, 1.54) is 0 Å². The molecule has 0 radical (unpaired) electrons. The standard InChI is InChI=1S/C14H28N2O/c1-8-13(2,3)14(4,5)15-11-9-10-12(17)16(6)7/h9-10,15H,8,11H2,1-7H3/b10-9+. The van der Waals surface area contributed by atoms with Crippen molar-refractivity contribution in [2.24, 2.45) is 5.41 Å². The van der Waals surface area contributed by atoms with Gasteiger partial charge in [0.25, 0.3) is 0 Å². The van der Waals surface area contributed by atoms with Crippen molar-refractivity contribution in [2.45, 2.75) is 46.6 Å². The maximum Gasteiger partial charge on any atom is 0.245 e. The van der Waals surface area contributed by atoms with Crippen molar-refractivity contribution in [3.05, 3.63) is 12.2 Å². The zero-order valence-corrected chi connectivity index (χ0v) is 12.4. The van der Waals surface area contributed by atoms with Gasteiger partial charge in [-0.3, -0.25) is 4.79 Å². The van der Waals surface area contributed by atoms with Crippen LogP contribution in [0.4, 0.5) is 0 Å². The number of carbonyl (C=O) groups excluding carboxylic acids is 1. The summed E-state index contributed by atoms with van der Waals surface area (Å²) in [5, 5.41) is 3.49. The lowest BCUT2D eigenvalue weighted by molar-refractivity contribution is -0.123. The average Bonchev–Trinajstić information content (AvgIpc) is 2.23. The first-order valence-electron chi connectivity index (χ1n) is 6.27. The zero-order chi connectivity index (χ0) is 13.7. The molecule has 0 aromatic heterocycles. The van der Waals surface area contributed by atoms with Crippen LogP contribution in [0.25, 0.3) is 0 Å². The van der Waals surface area contributed by atoms with Crippen molar-refractivity contribution in [3.8, 4) is 0 Å². The monoisotopic (exact) mass is 240 g/mol. The molecule has 0 unspecified atom stereocenters. The Labute approximate surface area is 106 Å². The van der Waals surface area contributed by atoms with Gasteiger partial charge >= 0.3 is 0 Å². The molecule has 0 heterocycles. The van der Waals surface area contributed by atoms with E-state index >= 15 is 0 Å². The third-order valence-corrected chi connectivity index (χ3v) is 3.94. The van der Waals surface area contributed by atoms with E-state index in [0.717, 1.165) is 13.0 Å². The van der Waals surface area contributed by atoms with Crippen molar-refractivity contribution < 1.29 is 4.79 Å². The van der Waals surface area contributed by atoms with E-state index in [-0.39, 0.29) is 16.9 Å². The highest BCUT2D eigenvalue weighted by molar-refractivity contribution is 5.87. The minimum atomic E-state index is 0.0272. The zero-order valence-electron chi connectivity index (χ0n) is 12.4. The van der Waals surface area contributed by atoms with Crippen molar-refractivity contribution in [1.82, 2.24) is 10.2 Å². The molecule has 0 aliphatic carbocycles. The molecule has 0 aliphatic heterocycles. The second-order valence-electron chi connectivity index (χ2n) is 5.88. The number of nitrogens with zero attached hydrogens (tertiary/aromatic N) is 1. The fraction of sp³-hybridized carbons (Fsp3) is 0.786. The summed E-state index contributed by atoms with van der Waals surface area (Å²) in [4.78, 5) is 12.9. The van der Waals surface area contributed by atoms with Gasteiger partial charge in [0.2, 0.25) is 5.91 Å². The molecule has 0 spiro atoms. The number of carbonyl (C=O) groups is 1. The predicted octanol–water partition coefficient (Wildman–Crippen LogP) is 2.44. The SMILES string of the molecule is CCC(C)(C)C(C)(C)NC/C=C/C(=O)N(C)C. The summed E-state index contributed by atoms with van der Waals surface area (Å²) in [6, 6.07) is 0. The van der Waals surface area contributed by atoms with Gasteiger partial charge in [0.15, 0.2) is 0 Å². The van der Waals surface area contributed by atoms with Gasteiger partial charge in [-0.25, -0.2) is 0 Å². The molecule has 1 N–H and O–H groups in total. The van der Waals surface area contributed by atoms with E-state index in [0.29, 0.717) is 0 Å². The summed E-state index contributed by atoms with van der Waals surface area (Å²) in [6.07, 6.45) is 4.62. The second-order valence-corrected chi connectivity index (χ2v) is 5.88. The van der Waals surface area contributed by atoms with Gasteiger partial charge in [0.1, 0.15) is 0 Å². The molecule has 0 aliphatic rings. The van der Waals surface area contributed by atoms with E-state index in [9.17, 15) is 4.79 Å². The topological polar surface area (TPSA) is 32.3 Å². The van der Waals surface area contributed by atoms with Crippen LogP contribution in [0, 0.1) is 5.41 Å². The Hall–Kier alpha value is -0.830. The molecule has 3 heteroatoms. The summed E-state index contributed by atoms with van der Waals surface area (Å²) in [5.74, 6) is 0.0272. The van der Waals surface area contributed by atoms with Crippen LogP contribution < -0.4 is 5.32 Å². The van der Waals surface area contributed by atoms with Crippen LogP contribution in [-0.4, -0.2) is 37.0 Å². The summed E-state index contributed by atoms with van der Waals surface area (Å²) < 4.78 is 0. The highest BCUT2D eigenvalue weighted by atomic mass is 16.2. The van der Waals surface area contributed by atoms with Crippen LogP contribution in [0.2, 0.25) is 0 Å². The lowest BCUT2D eigenvalue weighted by atomic mass is 9.72. The van der Waals surface area contributed by atoms with Crippen LogP contribution in [0.3, 0.4) is 0 Å². The van der Waals surface area contributed by atoms with Crippen LogP contribution >= 0.6 is 0 Å². The van der Waals surface area contributed by atoms with Crippen molar-refractivity contribution in [2.75, 3.05) is 20.6 Å². The van der Waals surface area contributed by atoms with Crippen molar-refractivity contribution >= 4 is 5.91 Å². The number of nitrogens with one attached hydrogen (secondary N) is 1. The third-order valence-electron chi connectivity index (χ3n) is 3.94. The number of hydrogen-bond acceptors (Lipinski definition) is 2. The Balaban J connectivity index is 4.26. The fourth-order valence-corrected chi connectivity index (χ4v) is 1.30. The summed E-state index contributed by atoms with van der Waals surface area (Å²) >= 11 is 0. The van der Waals surface area contributed by atoms with Crippen LogP contribution in [0.15, 0.2) is 12.2 Å². The molecule has 1 amide bonds. The first-order valence-corrected chi connectivity index (χ1v) is 6.27. The predicted molar refractivity (Wildman–Crippen MR) is 74.0 cm³/mol. The van der Waals surface area contributed by atoms with Crippen LogP contribution in [0.1, 0.15) is 41.0 Å². The Morgan fingerprint density at radius 1 is 1.24 bits per heavy atom. The largest absolute Gasteiger partial charge is 0.345 e. The molecule has 0 rings (SSSR count). The Kier molecular flexibility index (Phi) is 5.89. The number of hydrogen-bond donors (Lipinski definition) is 1. The first-order chi connectivity index (χ1) is 7.64. The van der Waals surface area contributed by atoms with E-state index in [1.54, 1.807) is 25.1 Å². The maximum atomic E-state index is 11.3. The van der Waals surface area contributed by atoms with Gasteiger partial charge < -0.3 is 10.2 Å². The molecule has 100 valence electrons. The third kappa shape index (κ3) is 4.90. The van der Waals surface area contributed by atoms with Gasteiger partial charge in [-0.2, -0.15) is 0 Å². The molecular weight excluding hydrogens is 212 g/mol. The molecule has 0 aromatic carbocycles. The molecular formula is C14H28N2O. The highest BCUT2D eigenvalue weighted by Gasteiger charge is 2.34. The van der Waals surface area contributed by atoms with E-state index in [2.05, 4.69) is 39.9 Å². The molecule has 0 aromatic rings. The van der Waals surface area contributed by atoms with E-state index in [4.69, 9.17) is 0 Å². The van der Waals surface area contributed by atoms with Crippen LogP contribution in [-0.2, 0) is 4.79 Å². The van der Waals surface area contributed by atoms with Gasteiger partial charge in [-0.1, -0.05) is 26.8 Å². The molecule has 0 bridgehead atoms. The smallest absolute Gasteiger partial charge is 0.245 e. The van der Waals surface area contributed by atoms with Gasteiger partial charge in [0, 0.05) is 32.3 Å². The normalized spacial score (nSPS) is 13.1. The van der Waals surface area contributed by atoms with Gasteiger partial charge in [-0.05, 0) is 25.7 Å². The maximum absolute atomic E-state index is 11.3. The van der Waals surface area contributed by atoms with Gasteiger partial charge in [-0.15, -0.1) is 0 Å². The quantitative estimate of drug-likeness (QED) is 0.723. The molecule has 17 heavy (non-hydrogen) atoms. The molecule has 3 nitrogen and oxygen atoms in total. The molecule has 0 saturated heterocycles. The Morgan fingerprint density at radius 3 is 2.18 bits per heavy atom. The van der Waals surface area contributed by atoms with E-state index in [1.807, 2.05) is 6.08 Å². The minimum absolute atomic E-state index is 0.0272. The molecule has 0 atom stereocenters. The van der Waals surface area contributed by atoms with Crippen molar-refractivity contribution in [1.29, 1.82) is 0 Å². The summed E-state index contributed by atoms with van der Waals surface area (Å²) in [7, 11) is 3.51. The Bertz CT molecular complexity index is 278. The highest BCUT2D eigenvalue weighted by Crippen LogP contribution is 2.33. The Morgan fingerprint density at radius 2 is 1.76 bits per heavy atom. The van der Waals surface area contributed by atoms with E-state index < -0.39 is 0 Å². The number of rotatable bonds is 6. The number of likely N-dealkylation sites (N-methyl/N-ethyl adjacent to an activating group) is 1. The lowest BCUT2D eigenvalue weighted by Crippen LogP contribution is -2.51. The summed E-state index contributed by atoms with van der Waals surface area (Å²) in [6.45, 7) is 11.9. The summed E-state index contributed by atoms with van der Waals surface area (Å²) in [5.41, 5.74) is 0.277.